The Morgan fingerprint density at radius 1 is 1.19 bits per heavy atom. The first-order valence-electron chi connectivity index (χ1n) is 8.96. The number of halogens is 1. The molecular weight excluding hydrogens is 372 g/mol. The highest BCUT2D eigenvalue weighted by Gasteiger charge is 2.22. The third-order valence-corrected chi connectivity index (χ3v) is 4.73. The molecule has 9 heteroatoms. The summed E-state index contributed by atoms with van der Waals surface area (Å²) in [5, 5.41) is 16.5. The minimum Gasteiger partial charge on any atom is -0.352 e. The monoisotopic (exact) mass is 398 g/mol. The fourth-order valence-electron chi connectivity index (χ4n) is 3.10. The molecule has 0 bridgehead atoms. The lowest BCUT2D eigenvalue weighted by atomic mass is 9.93. The molecule has 2 amide bonds. The summed E-state index contributed by atoms with van der Waals surface area (Å²) in [7, 11) is 1.95. The van der Waals surface area contributed by atoms with E-state index in [4.69, 9.17) is 0 Å². The third-order valence-electron chi connectivity index (χ3n) is 4.73. The fraction of sp³-hybridized carbons (Fsp3) is 0.556. The van der Waals surface area contributed by atoms with E-state index in [1.165, 1.54) is 24.3 Å². The van der Waals surface area contributed by atoms with Crippen LogP contribution in [0.2, 0.25) is 0 Å². The van der Waals surface area contributed by atoms with Crippen LogP contribution >= 0.6 is 12.4 Å². The first-order valence-corrected chi connectivity index (χ1v) is 8.96. The zero-order valence-electron chi connectivity index (χ0n) is 15.5. The molecule has 0 unspecified atom stereocenters. The zero-order valence-corrected chi connectivity index (χ0v) is 16.3. The average Bonchev–Trinajstić information content (AvgIpc) is 2.66. The van der Waals surface area contributed by atoms with Gasteiger partial charge in [-0.05, 0) is 50.9 Å². The fourth-order valence-corrected chi connectivity index (χ4v) is 3.10. The standard InChI is InChI=1S/C18H26N4O4.ClH/c1-19-10-6-14-8-12-21(13-9-14)17(23)7-11-20-18(24)15-2-4-16(5-3-15)22(25)26;/h2-5,14,19H,6-13H2,1H3,(H,20,24);1H. The first kappa shape index (κ1) is 22.9. The van der Waals surface area contributed by atoms with E-state index in [0.29, 0.717) is 11.5 Å². The van der Waals surface area contributed by atoms with Gasteiger partial charge < -0.3 is 15.5 Å². The molecule has 1 saturated heterocycles. The van der Waals surface area contributed by atoms with Gasteiger partial charge in [-0.1, -0.05) is 0 Å². The van der Waals surface area contributed by atoms with Crippen molar-refractivity contribution in [1.29, 1.82) is 0 Å². The molecule has 0 aromatic heterocycles. The van der Waals surface area contributed by atoms with Gasteiger partial charge in [-0.3, -0.25) is 19.7 Å². The molecular formula is C18H27ClN4O4. The number of hydrogen-bond acceptors (Lipinski definition) is 5. The number of carbonyl (C=O) groups excluding carboxylic acids is 2. The Bertz CT molecular complexity index is 631. The minimum atomic E-state index is -0.512. The highest BCUT2D eigenvalue weighted by Crippen LogP contribution is 2.20. The summed E-state index contributed by atoms with van der Waals surface area (Å²) in [6.45, 7) is 2.83. The van der Waals surface area contributed by atoms with Crippen LogP contribution in [0.25, 0.3) is 0 Å². The number of carbonyl (C=O) groups is 2. The number of non-ortho nitro benzene ring substituents is 1. The van der Waals surface area contributed by atoms with E-state index in [-0.39, 0.29) is 42.9 Å². The van der Waals surface area contributed by atoms with Crippen molar-refractivity contribution in [2.24, 2.45) is 5.92 Å². The molecule has 1 aliphatic rings. The highest BCUT2D eigenvalue weighted by atomic mass is 35.5. The summed E-state index contributed by atoms with van der Waals surface area (Å²) in [6.07, 6.45) is 3.47. The van der Waals surface area contributed by atoms with Crippen molar-refractivity contribution >= 4 is 29.9 Å². The van der Waals surface area contributed by atoms with Crippen molar-refractivity contribution < 1.29 is 14.5 Å². The van der Waals surface area contributed by atoms with E-state index < -0.39 is 4.92 Å². The number of nitrogens with one attached hydrogen (secondary N) is 2. The van der Waals surface area contributed by atoms with Gasteiger partial charge in [0.2, 0.25) is 5.91 Å². The van der Waals surface area contributed by atoms with Crippen LogP contribution in [0, 0.1) is 16.0 Å². The van der Waals surface area contributed by atoms with E-state index in [1.54, 1.807) is 0 Å². The lowest BCUT2D eigenvalue weighted by Crippen LogP contribution is -2.40. The summed E-state index contributed by atoms with van der Waals surface area (Å²) >= 11 is 0. The van der Waals surface area contributed by atoms with Gasteiger partial charge in [-0.15, -0.1) is 12.4 Å². The summed E-state index contributed by atoms with van der Waals surface area (Å²) in [5.41, 5.74) is 0.281. The number of amides is 2. The van der Waals surface area contributed by atoms with Crippen LogP contribution in [0.1, 0.15) is 36.0 Å². The second kappa shape index (κ2) is 11.5. The Morgan fingerprint density at radius 2 is 1.81 bits per heavy atom. The summed E-state index contributed by atoms with van der Waals surface area (Å²) in [5.74, 6) is 0.396. The molecule has 0 atom stereocenters. The maximum absolute atomic E-state index is 12.2. The maximum Gasteiger partial charge on any atom is 0.269 e. The average molecular weight is 399 g/mol. The Labute approximate surface area is 165 Å². The lowest BCUT2D eigenvalue weighted by Gasteiger charge is -2.32. The number of likely N-dealkylation sites (tertiary alicyclic amines) is 1. The van der Waals surface area contributed by atoms with Gasteiger partial charge in [-0.25, -0.2) is 0 Å². The van der Waals surface area contributed by atoms with Gasteiger partial charge in [0.1, 0.15) is 0 Å². The van der Waals surface area contributed by atoms with Crippen LogP contribution in [0.5, 0.6) is 0 Å². The lowest BCUT2D eigenvalue weighted by molar-refractivity contribution is -0.384. The normalized spacial score (nSPS) is 14.3. The third kappa shape index (κ3) is 7.15. The quantitative estimate of drug-likeness (QED) is 0.514. The molecule has 8 nitrogen and oxygen atoms in total. The van der Waals surface area contributed by atoms with Crippen molar-refractivity contribution in [2.45, 2.75) is 25.7 Å². The van der Waals surface area contributed by atoms with Gasteiger partial charge >= 0.3 is 0 Å². The Balaban J connectivity index is 0.00000364. The molecule has 1 aromatic carbocycles. The number of benzene rings is 1. The van der Waals surface area contributed by atoms with E-state index >= 15 is 0 Å². The van der Waals surface area contributed by atoms with Gasteiger partial charge in [0.15, 0.2) is 0 Å². The molecule has 1 fully saturated rings. The summed E-state index contributed by atoms with van der Waals surface area (Å²) in [4.78, 5) is 36.2. The first-order chi connectivity index (χ1) is 12.5. The highest BCUT2D eigenvalue weighted by molar-refractivity contribution is 5.94. The van der Waals surface area contributed by atoms with Gasteiger partial charge in [0.25, 0.3) is 11.6 Å². The molecule has 0 aliphatic carbocycles. The van der Waals surface area contributed by atoms with Gasteiger partial charge in [0, 0.05) is 43.8 Å². The SMILES string of the molecule is CNCCC1CCN(C(=O)CCNC(=O)c2ccc([N+](=O)[O-])cc2)CC1.Cl. The van der Waals surface area contributed by atoms with Crippen LogP contribution in [-0.4, -0.2) is 54.9 Å². The topological polar surface area (TPSA) is 105 Å². The smallest absolute Gasteiger partial charge is 0.269 e. The largest absolute Gasteiger partial charge is 0.352 e. The molecule has 2 rings (SSSR count). The number of piperidine rings is 1. The van der Waals surface area contributed by atoms with Crippen LogP contribution in [-0.2, 0) is 4.79 Å². The van der Waals surface area contributed by atoms with E-state index in [1.807, 2.05) is 11.9 Å². The van der Waals surface area contributed by atoms with Crippen LogP contribution < -0.4 is 10.6 Å². The van der Waals surface area contributed by atoms with Crippen molar-refractivity contribution in [3.63, 3.8) is 0 Å². The zero-order chi connectivity index (χ0) is 18.9. The Hall–Kier alpha value is -2.19. The van der Waals surface area contributed by atoms with Crippen LogP contribution in [0.4, 0.5) is 5.69 Å². The molecule has 0 saturated carbocycles. The molecule has 0 radical (unpaired) electrons. The molecule has 1 aliphatic heterocycles. The van der Waals surface area contributed by atoms with E-state index in [0.717, 1.165) is 38.9 Å². The van der Waals surface area contributed by atoms with E-state index in [9.17, 15) is 19.7 Å². The van der Waals surface area contributed by atoms with Gasteiger partial charge in [0.05, 0.1) is 4.92 Å². The predicted molar refractivity (Wildman–Crippen MR) is 105 cm³/mol. The molecule has 2 N–H and O–H groups in total. The molecule has 27 heavy (non-hydrogen) atoms. The number of nitrogens with zero attached hydrogens (tertiary/aromatic N) is 2. The Morgan fingerprint density at radius 3 is 2.37 bits per heavy atom. The molecule has 1 heterocycles. The van der Waals surface area contributed by atoms with Crippen molar-refractivity contribution in [3.8, 4) is 0 Å². The Kier molecular flexibility index (Phi) is 9.74. The van der Waals surface area contributed by atoms with Crippen LogP contribution in [0.15, 0.2) is 24.3 Å². The van der Waals surface area contributed by atoms with E-state index in [2.05, 4.69) is 10.6 Å². The number of rotatable bonds is 8. The second-order valence-corrected chi connectivity index (χ2v) is 6.53. The predicted octanol–water partition coefficient (Wildman–Crippen LogP) is 1.98. The maximum atomic E-state index is 12.2. The number of nitro benzene ring substituents is 1. The second-order valence-electron chi connectivity index (χ2n) is 6.53. The molecule has 0 spiro atoms. The summed E-state index contributed by atoms with van der Waals surface area (Å²) < 4.78 is 0. The van der Waals surface area contributed by atoms with Crippen molar-refractivity contribution in [3.05, 3.63) is 39.9 Å². The number of hydrogen-bond donors (Lipinski definition) is 2. The van der Waals surface area contributed by atoms with Crippen LogP contribution in [0.3, 0.4) is 0 Å². The van der Waals surface area contributed by atoms with Crippen molar-refractivity contribution in [1.82, 2.24) is 15.5 Å². The van der Waals surface area contributed by atoms with Gasteiger partial charge in [-0.2, -0.15) is 0 Å². The summed E-state index contributed by atoms with van der Waals surface area (Å²) in [6, 6.07) is 5.40. The minimum absolute atomic E-state index is 0. The van der Waals surface area contributed by atoms with Crippen molar-refractivity contribution in [2.75, 3.05) is 33.2 Å². The molecule has 1 aromatic rings. The molecule has 150 valence electrons. The number of nitro groups is 1.